The highest BCUT2D eigenvalue weighted by Crippen LogP contribution is 2.44. The number of nitrogens with zero attached hydrogens (tertiary/aromatic N) is 2. The van der Waals surface area contributed by atoms with Crippen LogP contribution < -0.4 is 15.2 Å². The number of nitrogens with two attached hydrogens (primary N) is 1. The van der Waals surface area contributed by atoms with Gasteiger partial charge in [-0.05, 0) is 12.1 Å². The zero-order valence-corrected chi connectivity index (χ0v) is 11.3. The van der Waals surface area contributed by atoms with Crippen LogP contribution in [0.1, 0.15) is 6.42 Å². The van der Waals surface area contributed by atoms with Gasteiger partial charge in [0, 0.05) is 24.6 Å². The van der Waals surface area contributed by atoms with Gasteiger partial charge in [-0.2, -0.15) is 5.10 Å². The van der Waals surface area contributed by atoms with Crippen LogP contribution in [0, 0.1) is 0 Å². The number of hydrogen-bond acceptors (Lipinski definition) is 4. The summed E-state index contributed by atoms with van der Waals surface area (Å²) < 4.78 is 12.9. The van der Waals surface area contributed by atoms with Crippen LogP contribution >= 0.6 is 11.6 Å². The van der Waals surface area contributed by atoms with Gasteiger partial charge in [-0.1, -0.05) is 11.6 Å². The molecule has 0 unspecified atom stereocenters. The lowest BCUT2D eigenvalue weighted by Gasteiger charge is -2.12. The van der Waals surface area contributed by atoms with Gasteiger partial charge in [0.15, 0.2) is 11.5 Å². The number of nitrogen functional groups attached to an aromatic ring is 1. The van der Waals surface area contributed by atoms with Gasteiger partial charge >= 0.3 is 0 Å². The van der Waals surface area contributed by atoms with Crippen LogP contribution in [0.25, 0.3) is 11.1 Å². The van der Waals surface area contributed by atoms with E-state index in [1.54, 1.807) is 17.9 Å². The standard InChI is InChI=1S/C13H14ClN3O2/c1-17-13(15)9(7-16-17)8-3-4-10-12(11(8)14)19-6-2-5-18-10/h3-4,7H,2,5-6,15H2,1H3. The van der Waals surface area contributed by atoms with E-state index in [9.17, 15) is 0 Å². The minimum atomic E-state index is 0.513. The van der Waals surface area contributed by atoms with E-state index in [0.717, 1.165) is 17.5 Å². The topological polar surface area (TPSA) is 62.3 Å². The maximum Gasteiger partial charge on any atom is 0.180 e. The summed E-state index contributed by atoms with van der Waals surface area (Å²) in [6, 6.07) is 3.73. The van der Waals surface area contributed by atoms with Crippen molar-refractivity contribution in [3.05, 3.63) is 23.4 Å². The molecule has 0 saturated carbocycles. The molecule has 100 valence electrons. The number of rotatable bonds is 1. The van der Waals surface area contributed by atoms with Crippen LogP contribution in [-0.2, 0) is 7.05 Å². The van der Waals surface area contributed by atoms with Crippen molar-refractivity contribution in [3.63, 3.8) is 0 Å². The minimum Gasteiger partial charge on any atom is -0.490 e. The summed E-state index contributed by atoms with van der Waals surface area (Å²) in [6.07, 6.45) is 2.54. The molecule has 3 rings (SSSR count). The predicted octanol–water partition coefficient (Wildman–Crippen LogP) is 2.48. The Balaban J connectivity index is 2.13. The smallest absolute Gasteiger partial charge is 0.180 e. The quantitative estimate of drug-likeness (QED) is 0.871. The molecular weight excluding hydrogens is 266 g/mol. The largest absolute Gasteiger partial charge is 0.490 e. The minimum absolute atomic E-state index is 0.513. The van der Waals surface area contributed by atoms with Crippen LogP contribution in [0.5, 0.6) is 11.5 Å². The van der Waals surface area contributed by atoms with E-state index in [1.165, 1.54) is 0 Å². The molecule has 1 aromatic carbocycles. The maximum absolute atomic E-state index is 6.42. The van der Waals surface area contributed by atoms with Crippen LogP contribution in [0.2, 0.25) is 5.02 Å². The highest BCUT2D eigenvalue weighted by atomic mass is 35.5. The highest BCUT2D eigenvalue weighted by molar-refractivity contribution is 6.35. The van der Waals surface area contributed by atoms with E-state index in [1.807, 2.05) is 12.1 Å². The molecule has 6 heteroatoms. The van der Waals surface area contributed by atoms with Gasteiger partial charge in [0.1, 0.15) is 5.82 Å². The van der Waals surface area contributed by atoms with Crippen molar-refractivity contribution in [2.24, 2.45) is 7.05 Å². The van der Waals surface area contributed by atoms with Gasteiger partial charge in [0.05, 0.1) is 24.4 Å². The van der Waals surface area contributed by atoms with Crippen molar-refractivity contribution in [2.75, 3.05) is 18.9 Å². The molecule has 1 aliphatic rings. The highest BCUT2D eigenvalue weighted by Gasteiger charge is 2.20. The Bertz CT molecular complexity index is 625. The summed E-state index contributed by atoms with van der Waals surface area (Å²) in [7, 11) is 1.79. The van der Waals surface area contributed by atoms with Crippen molar-refractivity contribution in [3.8, 4) is 22.6 Å². The average molecular weight is 280 g/mol. The molecule has 0 aliphatic carbocycles. The van der Waals surface area contributed by atoms with Crippen molar-refractivity contribution in [2.45, 2.75) is 6.42 Å². The number of hydrogen-bond donors (Lipinski definition) is 1. The third kappa shape index (κ3) is 2.00. The van der Waals surface area contributed by atoms with Gasteiger partial charge in [0.2, 0.25) is 0 Å². The number of aromatic nitrogens is 2. The SMILES string of the molecule is Cn1ncc(-c2ccc3c(c2Cl)OCCCO3)c1N. The molecule has 0 saturated heterocycles. The molecule has 2 heterocycles. The van der Waals surface area contributed by atoms with Crippen molar-refractivity contribution in [1.82, 2.24) is 9.78 Å². The molecule has 1 aliphatic heterocycles. The summed E-state index contributed by atoms with van der Waals surface area (Å²) in [4.78, 5) is 0. The van der Waals surface area contributed by atoms with Gasteiger partial charge in [0.25, 0.3) is 0 Å². The van der Waals surface area contributed by atoms with Crippen molar-refractivity contribution >= 4 is 17.4 Å². The first-order valence-corrected chi connectivity index (χ1v) is 6.42. The summed E-state index contributed by atoms with van der Waals surface area (Å²) in [5.41, 5.74) is 7.58. The summed E-state index contributed by atoms with van der Waals surface area (Å²) >= 11 is 6.42. The zero-order chi connectivity index (χ0) is 13.4. The maximum atomic E-state index is 6.42. The molecule has 0 bridgehead atoms. The number of benzene rings is 1. The lowest BCUT2D eigenvalue weighted by Crippen LogP contribution is -1.99. The second kappa shape index (κ2) is 4.66. The Morgan fingerprint density at radius 2 is 2.05 bits per heavy atom. The Morgan fingerprint density at radius 3 is 2.79 bits per heavy atom. The molecule has 0 amide bonds. The molecule has 0 spiro atoms. The fourth-order valence-electron chi connectivity index (χ4n) is 2.06. The van der Waals surface area contributed by atoms with E-state index < -0.39 is 0 Å². The molecule has 1 aromatic heterocycles. The normalized spacial score (nSPS) is 14.2. The van der Waals surface area contributed by atoms with Crippen molar-refractivity contribution in [1.29, 1.82) is 0 Å². The molecule has 5 nitrogen and oxygen atoms in total. The second-order valence-electron chi connectivity index (χ2n) is 4.37. The first-order chi connectivity index (χ1) is 9.18. The number of ether oxygens (including phenoxy) is 2. The summed E-state index contributed by atoms with van der Waals surface area (Å²) in [6.45, 7) is 1.23. The Morgan fingerprint density at radius 1 is 1.26 bits per heavy atom. The van der Waals surface area contributed by atoms with Crippen LogP contribution in [0.3, 0.4) is 0 Å². The Kier molecular flexibility index (Phi) is 2.98. The van der Waals surface area contributed by atoms with E-state index in [0.29, 0.717) is 35.6 Å². The zero-order valence-electron chi connectivity index (χ0n) is 10.5. The fourth-order valence-corrected chi connectivity index (χ4v) is 2.38. The number of anilines is 1. The third-order valence-electron chi connectivity index (χ3n) is 3.13. The first-order valence-electron chi connectivity index (χ1n) is 6.04. The van der Waals surface area contributed by atoms with Crippen LogP contribution in [0.4, 0.5) is 5.82 Å². The number of aryl methyl sites for hydroxylation is 1. The number of halogens is 1. The average Bonchev–Trinajstić information content (AvgIpc) is 2.64. The molecule has 0 radical (unpaired) electrons. The second-order valence-corrected chi connectivity index (χ2v) is 4.75. The Labute approximate surface area is 115 Å². The van der Waals surface area contributed by atoms with E-state index in [2.05, 4.69) is 5.10 Å². The van der Waals surface area contributed by atoms with E-state index in [-0.39, 0.29) is 0 Å². The fraction of sp³-hybridized carbons (Fsp3) is 0.308. The molecular formula is C13H14ClN3O2. The summed E-state index contributed by atoms with van der Waals surface area (Å²) in [5, 5.41) is 4.64. The molecule has 0 fully saturated rings. The van der Waals surface area contributed by atoms with Gasteiger partial charge < -0.3 is 15.2 Å². The Hall–Kier alpha value is -1.88. The summed E-state index contributed by atoms with van der Waals surface area (Å²) in [5.74, 6) is 1.82. The first kappa shape index (κ1) is 12.2. The lowest BCUT2D eigenvalue weighted by atomic mass is 10.1. The van der Waals surface area contributed by atoms with Gasteiger partial charge in [-0.25, -0.2) is 0 Å². The van der Waals surface area contributed by atoms with Crippen LogP contribution in [-0.4, -0.2) is 23.0 Å². The molecule has 2 N–H and O–H groups in total. The predicted molar refractivity (Wildman–Crippen MR) is 73.7 cm³/mol. The van der Waals surface area contributed by atoms with E-state index in [4.69, 9.17) is 26.8 Å². The lowest BCUT2D eigenvalue weighted by molar-refractivity contribution is 0.297. The van der Waals surface area contributed by atoms with Gasteiger partial charge in [-0.3, -0.25) is 4.68 Å². The molecule has 19 heavy (non-hydrogen) atoms. The third-order valence-corrected chi connectivity index (χ3v) is 3.50. The van der Waals surface area contributed by atoms with Crippen molar-refractivity contribution < 1.29 is 9.47 Å². The monoisotopic (exact) mass is 279 g/mol. The van der Waals surface area contributed by atoms with E-state index >= 15 is 0 Å². The van der Waals surface area contributed by atoms with Gasteiger partial charge in [-0.15, -0.1) is 0 Å². The molecule has 0 atom stereocenters. The van der Waals surface area contributed by atoms with Crippen LogP contribution in [0.15, 0.2) is 18.3 Å². The number of fused-ring (bicyclic) bond motifs is 1. The molecule has 2 aromatic rings.